The van der Waals surface area contributed by atoms with Gasteiger partial charge in [0.15, 0.2) is 0 Å². The molecule has 0 spiro atoms. The van der Waals surface area contributed by atoms with Crippen molar-refractivity contribution in [2.75, 3.05) is 0 Å². The van der Waals surface area contributed by atoms with Gasteiger partial charge < -0.3 is 4.74 Å². The summed E-state index contributed by atoms with van der Waals surface area (Å²) in [6.45, 7) is 2.69. The van der Waals surface area contributed by atoms with Crippen LogP contribution in [0, 0.1) is 5.82 Å². The van der Waals surface area contributed by atoms with Gasteiger partial charge in [0.05, 0.1) is 0 Å². The standard InChI is InChI=1S/C19H19F3O/c1-3-4-5-14-6-11-17(18(20)12-14)13(2)15-7-9-16(10-8-15)23-19(21)22/h3,6-13,19H,1,4-5H2,2H3. The van der Waals surface area contributed by atoms with Gasteiger partial charge in [-0.2, -0.15) is 8.78 Å². The van der Waals surface area contributed by atoms with Crippen molar-refractivity contribution >= 4 is 0 Å². The van der Waals surface area contributed by atoms with Crippen molar-refractivity contribution in [3.8, 4) is 5.75 Å². The van der Waals surface area contributed by atoms with Gasteiger partial charge in [-0.1, -0.05) is 37.3 Å². The topological polar surface area (TPSA) is 9.23 Å². The molecule has 2 aromatic carbocycles. The molecule has 0 N–H and O–H groups in total. The summed E-state index contributed by atoms with van der Waals surface area (Å²) < 4.78 is 42.9. The molecular formula is C19H19F3O. The second-order valence-corrected chi connectivity index (χ2v) is 5.35. The van der Waals surface area contributed by atoms with E-state index in [1.165, 1.54) is 12.1 Å². The fraction of sp³-hybridized carbons (Fsp3) is 0.263. The minimum absolute atomic E-state index is 0.0937. The Morgan fingerprint density at radius 2 is 1.83 bits per heavy atom. The van der Waals surface area contributed by atoms with Crippen LogP contribution in [-0.4, -0.2) is 6.61 Å². The molecule has 4 heteroatoms. The number of ether oxygens (including phenoxy) is 1. The van der Waals surface area contributed by atoms with Crippen LogP contribution >= 0.6 is 0 Å². The van der Waals surface area contributed by atoms with Crippen molar-refractivity contribution in [3.63, 3.8) is 0 Å². The summed E-state index contributed by atoms with van der Waals surface area (Å²) in [4.78, 5) is 0. The third-order valence-corrected chi connectivity index (χ3v) is 3.77. The third-order valence-electron chi connectivity index (χ3n) is 3.77. The number of halogens is 3. The minimum Gasteiger partial charge on any atom is -0.435 e. The smallest absolute Gasteiger partial charge is 0.387 e. The fourth-order valence-electron chi connectivity index (χ4n) is 2.46. The van der Waals surface area contributed by atoms with Gasteiger partial charge in [-0.3, -0.25) is 0 Å². The lowest BCUT2D eigenvalue weighted by atomic mass is 9.91. The molecule has 2 rings (SSSR count). The molecule has 0 saturated carbocycles. The molecule has 0 aliphatic heterocycles. The SMILES string of the molecule is C=CCCc1ccc(C(C)c2ccc(OC(F)F)cc2)c(F)c1. The molecule has 0 heterocycles. The predicted octanol–water partition coefficient (Wildman–Crippen LogP) is 5.70. The molecule has 1 atom stereocenters. The lowest BCUT2D eigenvalue weighted by Gasteiger charge is -2.15. The van der Waals surface area contributed by atoms with Crippen molar-refractivity contribution in [1.82, 2.24) is 0 Å². The summed E-state index contributed by atoms with van der Waals surface area (Å²) in [5.41, 5.74) is 2.35. The lowest BCUT2D eigenvalue weighted by Crippen LogP contribution is -2.03. The second kappa shape index (κ2) is 7.86. The zero-order valence-electron chi connectivity index (χ0n) is 12.9. The Balaban J connectivity index is 2.16. The van der Waals surface area contributed by atoms with Crippen LogP contribution in [0.2, 0.25) is 0 Å². The summed E-state index contributed by atoms with van der Waals surface area (Å²) in [7, 11) is 0. The molecule has 0 aliphatic carbocycles. The number of allylic oxidation sites excluding steroid dienone is 1. The Kier molecular flexibility index (Phi) is 5.85. The molecule has 23 heavy (non-hydrogen) atoms. The summed E-state index contributed by atoms with van der Waals surface area (Å²) >= 11 is 0. The summed E-state index contributed by atoms with van der Waals surface area (Å²) in [5, 5.41) is 0. The van der Waals surface area contributed by atoms with Crippen LogP contribution in [0.1, 0.15) is 36.0 Å². The third kappa shape index (κ3) is 4.62. The van der Waals surface area contributed by atoms with Crippen molar-refractivity contribution in [2.45, 2.75) is 32.3 Å². The summed E-state index contributed by atoms with van der Waals surface area (Å²) in [5.74, 6) is -0.341. The van der Waals surface area contributed by atoms with Crippen LogP contribution in [-0.2, 0) is 6.42 Å². The highest BCUT2D eigenvalue weighted by Crippen LogP contribution is 2.28. The molecule has 122 valence electrons. The Hall–Kier alpha value is -2.23. The van der Waals surface area contributed by atoms with Gasteiger partial charge in [-0.05, 0) is 47.7 Å². The zero-order valence-corrected chi connectivity index (χ0v) is 12.9. The molecule has 0 amide bonds. The quantitative estimate of drug-likeness (QED) is 0.595. The van der Waals surface area contributed by atoms with Crippen LogP contribution in [0.3, 0.4) is 0 Å². The largest absolute Gasteiger partial charge is 0.435 e. The lowest BCUT2D eigenvalue weighted by molar-refractivity contribution is -0.0498. The number of benzene rings is 2. The zero-order chi connectivity index (χ0) is 16.8. The maximum absolute atomic E-state index is 14.3. The maximum atomic E-state index is 14.3. The van der Waals surface area contributed by atoms with Crippen LogP contribution < -0.4 is 4.74 Å². The van der Waals surface area contributed by atoms with Gasteiger partial charge in [-0.15, -0.1) is 6.58 Å². The molecule has 2 aromatic rings. The molecule has 0 saturated heterocycles. The first kappa shape index (κ1) is 17.1. The van der Waals surface area contributed by atoms with Gasteiger partial charge >= 0.3 is 6.61 Å². The predicted molar refractivity (Wildman–Crippen MR) is 85.5 cm³/mol. The summed E-state index contributed by atoms with van der Waals surface area (Å²) in [6, 6.07) is 11.5. The van der Waals surface area contributed by atoms with Crippen LogP contribution in [0.15, 0.2) is 55.1 Å². The molecule has 0 aliphatic rings. The van der Waals surface area contributed by atoms with Crippen molar-refractivity contribution in [3.05, 3.63) is 77.6 Å². The van der Waals surface area contributed by atoms with Crippen molar-refractivity contribution in [1.29, 1.82) is 0 Å². The average molecular weight is 320 g/mol. The molecule has 0 radical (unpaired) electrons. The van der Waals surface area contributed by atoms with E-state index in [9.17, 15) is 13.2 Å². The van der Waals surface area contributed by atoms with E-state index in [1.54, 1.807) is 30.3 Å². The summed E-state index contributed by atoms with van der Waals surface area (Å²) in [6.07, 6.45) is 3.37. The first-order chi connectivity index (χ1) is 11.0. The highest BCUT2D eigenvalue weighted by molar-refractivity contribution is 5.37. The molecule has 1 nitrogen and oxygen atoms in total. The number of hydrogen-bond acceptors (Lipinski definition) is 1. The van der Waals surface area contributed by atoms with E-state index in [2.05, 4.69) is 11.3 Å². The number of aryl methyl sites for hydroxylation is 1. The highest BCUT2D eigenvalue weighted by atomic mass is 19.3. The van der Waals surface area contributed by atoms with E-state index in [0.29, 0.717) is 5.56 Å². The number of hydrogen-bond donors (Lipinski definition) is 0. The fourth-order valence-corrected chi connectivity index (χ4v) is 2.46. The Labute approximate surface area is 134 Å². The van der Waals surface area contributed by atoms with E-state index in [-0.39, 0.29) is 17.5 Å². The monoisotopic (exact) mass is 320 g/mol. The Bertz CT molecular complexity index is 650. The van der Waals surface area contributed by atoms with Gasteiger partial charge in [0.1, 0.15) is 11.6 Å². The van der Waals surface area contributed by atoms with E-state index >= 15 is 0 Å². The van der Waals surface area contributed by atoms with Gasteiger partial charge in [0, 0.05) is 5.92 Å². The van der Waals surface area contributed by atoms with E-state index in [1.807, 2.05) is 13.0 Å². The van der Waals surface area contributed by atoms with Crippen LogP contribution in [0.4, 0.5) is 13.2 Å². The van der Waals surface area contributed by atoms with E-state index in [4.69, 9.17) is 0 Å². The van der Waals surface area contributed by atoms with Crippen LogP contribution in [0.25, 0.3) is 0 Å². The van der Waals surface area contributed by atoms with Gasteiger partial charge in [0.25, 0.3) is 0 Å². The number of alkyl halides is 2. The van der Waals surface area contributed by atoms with E-state index in [0.717, 1.165) is 24.0 Å². The van der Waals surface area contributed by atoms with E-state index < -0.39 is 6.61 Å². The van der Waals surface area contributed by atoms with Crippen molar-refractivity contribution in [2.24, 2.45) is 0 Å². The average Bonchev–Trinajstić information content (AvgIpc) is 2.52. The van der Waals surface area contributed by atoms with Gasteiger partial charge in [-0.25, -0.2) is 4.39 Å². The Morgan fingerprint density at radius 1 is 1.13 bits per heavy atom. The molecule has 1 unspecified atom stereocenters. The Morgan fingerprint density at radius 3 is 2.39 bits per heavy atom. The molecule has 0 fully saturated rings. The maximum Gasteiger partial charge on any atom is 0.387 e. The molecule has 0 aromatic heterocycles. The van der Waals surface area contributed by atoms with Gasteiger partial charge in [0.2, 0.25) is 0 Å². The van der Waals surface area contributed by atoms with Crippen LogP contribution in [0.5, 0.6) is 5.75 Å². The molecular weight excluding hydrogens is 301 g/mol. The number of rotatable bonds is 7. The second-order valence-electron chi connectivity index (χ2n) is 5.35. The van der Waals surface area contributed by atoms with Crippen molar-refractivity contribution < 1.29 is 17.9 Å². The minimum atomic E-state index is -2.85. The highest BCUT2D eigenvalue weighted by Gasteiger charge is 2.14. The molecule has 0 bridgehead atoms. The first-order valence-corrected chi connectivity index (χ1v) is 7.45. The normalized spacial score (nSPS) is 12.2. The first-order valence-electron chi connectivity index (χ1n) is 7.45.